The Labute approximate surface area is 182 Å². The van der Waals surface area contributed by atoms with Gasteiger partial charge in [-0.2, -0.15) is 0 Å². The zero-order valence-corrected chi connectivity index (χ0v) is 17.8. The fraction of sp³-hybridized carbons (Fsp3) is 0.308. The Hall–Kier alpha value is -3.18. The predicted octanol–water partition coefficient (Wildman–Crippen LogP) is 3.42. The number of piperazine rings is 1. The van der Waals surface area contributed by atoms with Crippen LogP contribution in [0.5, 0.6) is 0 Å². The topological polar surface area (TPSA) is 54.3 Å². The van der Waals surface area contributed by atoms with Crippen molar-refractivity contribution in [2.75, 3.05) is 19.6 Å². The lowest BCUT2D eigenvalue weighted by molar-refractivity contribution is 0.0700. The monoisotopic (exact) mass is 413 g/mol. The van der Waals surface area contributed by atoms with Crippen molar-refractivity contribution in [2.45, 2.75) is 32.2 Å². The Morgan fingerprint density at radius 2 is 1.87 bits per heavy atom. The number of nitrogens with zero attached hydrogens (tertiary/aromatic N) is 2. The van der Waals surface area contributed by atoms with Crippen LogP contribution in [0.2, 0.25) is 0 Å². The maximum atomic E-state index is 13.5. The molecule has 0 saturated carbocycles. The van der Waals surface area contributed by atoms with Gasteiger partial charge >= 0.3 is 0 Å². The lowest BCUT2D eigenvalue weighted by Gasteiger charge is -2.34. The highest BCUT2D eigenvalue weighted by Gasteiger charge is 2.28. The number of nitrogens with one attached hydrogen (secondary N) is 1. The summed E-state index contributed by atoms with van der Waals surface area (Å²) in [5.41, 5.74) is 5.41. The van der Waals surface area contributed by atoms with Crippen LogP contribution in [0.25, 0.3) is 5.69 Å². The van der Waals surface area contributed by atoms with E-state index in [0.29, 0.717) is 19.6 Å². The molecular weight excluding hydrogens is 386 g/mol. The van der Waals surface area contributed by atoms with E-state index in [1.807, 2.05) is 54.4 Å². The molecule has 2 heterocycles. The number of carbonyl (C=O) groups is 1. The highest BCUT2D eigenvalue weighted by atomic mass is 16.2. The molecule has 1 atom stereocenters. The van der Waals surface area contributed by atoms with E-state index < -0.39 is 0 Å². The first-order valence-corrected chi connectivity index (χ1v) is 11.0. The minimum Gasteiger partial charge on any atom is -0.335 e. The Morgan fingerprint density at radius 3 is 2.71 bits per heavy atom. The van der Waals surface area contributed by atoms with Gasteiger partial charge in [0.1, 0.15) is 5.56 Å². The lowest BCUT2D eigenvalue weighted by atomic mass is 10.0. The van der Waals surface area contributed by atoms with Gasteiger partial charge in [0.15, 0.2) is 0 Å². The maximum absolute atomic E-state index is 13.5. The van der Waals surface area contributed by atoms with Gasteiger partial charge in [0, 0.05) is 31.9 Å². The van der Waals surface area contributed by atoms with Gasteiger partial charge < -0.3 is 10.2 Å². The van der Waals surface area contributed by atoms with Gasteiger partial charge in [0.05, 0.1) is 5.69 Å². The molecule has 1 unspecified atom stereocenters. The van der Waals surface area contributed by atoms with Crippen molar-refractivity contribution in [3.8, 4) is 5.69 Å². The fourth-order valence-corrected chi connectivity index (χ4v) is 4.90. The molecule has 31 heavy (non-hydrogen) atoms. The molecule has 5 rings (SSSR count). The third-order valence-corrected chi connectivity index (χ3v) is 6.56. The van der Waals surface area contributed by atoms with Crippen LogP contribution >= 0.6 is 0 Å². The van der Waals surface area contributed by atoms with Gasteiger partial charge in [-0.05, 0) is 60.6 Å². The van der Waals surface area contributed by atoms with E-state index in [1.54, 1.807) is 4.57 Å². The van der Waals surface area contributed by atoms with E-state index in [2.05, 4.69) is 23.5 Å². The summed E-state index contributed by atoms with van der Waals surface area (Å²) in [6, 6.07) is 18.3. The number of carbonyl (C=O) groups excluding carboxylic acids is 1. The normalized spacial score (nSPS) is 18.1. The highest BCUT2D eigenvalue weighted by Crippen LogP contribution is 2.27. The van der Waals surface area contributed by atoms with Crippen LogP contribution in [0.3, 0.4) is 0 Å². The maximum Gasteiger partial charge on any atom is 0.268 e. The van der Waals surface area contributed by atoms with E-state index in [-0.39, 0.29) is 23.1 Å². The molecule has 0 bridgehead atoms. The van der Waals surface area contributed by atoms with Crippen molar-refractivity contribution in [3.05, 3.63) is 99.0 Å². The summed E-state index contributed by atoms with van der Waals surface area (Å²) in [6.45, 7) is 3.71. The number of amides is 1. The second-order valence-corrected chi connectivity index (χ2v) is 8.49. The van der Waals surface area contributed by atoms with Crippen molar-refractivity contribution in [2.24, 2.45) is 0 Å². The molecule has 0 radical (unpaired) electrons. The Balaban J connectivity index is 1.49. The summed E-state index contributed by atoms with van der Waals surface area (Å²) in [4.78, 5) is 28.9. The van der Waals surface area contributed by atoms with Crippen LogP contribution in [0.1, 0.15) is 45.1 Å². The molecule has 1 aromatic heterocycles. The third kappa shape index (κ3) is 3.59. The fourth-order valence-electron chi connectivity index (χ4n) is 4.90. The molecule has 158 valence electrons. The number of aromatic nitrogens is 1. The standard InChI is InChI=1S/C26H27N3O2/c1-18-13-15-29(23-12-6-10-19-9-5-11-21(19)23)26(31)24(18)25(30)28-16-14-27-22(17-28)20-7-3-2-4-8-20/h2-4,6-8,10,12-13,15,22,27H,5,9,11,14,16-17H2,1H3. The van der Waals surface area contributed by atoms with Gasteiger partial charge in [0.25, 0.3) is 11.5 Å². The highest BCUT2D eigenvalue weighted by molar-refractivity contribution is 5.95. The molecule has 0 spiro atoms. The van der Waals surface area contributed by atoms with Crippen molar-refractivity contribution >= 4 is 5.91 Å². The second kappa shape index (κ2) is 8.16. The van der Waals surface area contributed by atoms with Gasteiger partial charge in [-0.3, -0.25) is 14.2 Å². The number of benzene rings is 2. The number of pyridine rings is 1. The number of hydrogen-bond acceptors (Lipinski definition) is 3. The second-order valence-electron chi connectivity index (χ2n) is 8.49. The van der Waals surface area contributed by atoms with E-state index in [9.17, 15) is 9.59 Å². The van der Waals surface area contributed by atoms with Crippen LogP contribution in [0.4, 0.5) is 0 Å². The first-order chi connectivity index (χ1) is 15.1. The lowest BCUT2D eigenvalue weighted by Crippen LogP contribution is -2.49. The molecule has 1 N–H and O–H groups in total. The van der Waals surface area contributed by atoms with Crippen molar-refractivity contribution in [1.82, 2.24) is 14.8 Å². The van der Waals surface area contributed by atoms with Crippen LogP contribution in [-0.2, 0) is 12.8 Å². The Kier molecular flexibility index (Phi) is 5.20. The first kappa shape index (κ1) is 19.8. The van der Waals surface area contributed by atoms with E-state index >= 15 is 0 Å². The number of aryl methyl sites for hydroxylation is 2. The molecule has 1 aliphatic heterocycles. The summed E-state index contributed by atoms with van der Waals surface area (Å²) < 4.78 is 1.67. The van der Waals surface area contributed by atoms with Crippen LogP contribution < -0.4 is 10.9 Å². The molecule has 1 aliphatic carbocycles. The largest absolute Gasteiger partial charge is 0.335 e. The van der Waals surface area contributed by atoms with Crippen LogP contribution in [0.15, 0.2) is 65.6 Å². The molecular formula is C26H27N3O2. The molecule has 1 fully saturated rings. The SMILES string of the molecule is Cc1ccn(-c2cccc3c2CCC3)c(=O)c1C(=O)N1CCNC(c2ccccc2)C1. The van der Waals surface area contributed by atoms with Crippen LogP contribution in [0, 0.1) is 6.92 Å². The van der Waals surface area contributed by atoms with Gasteiger partial charge in [-0.15, -0.1) is 0 Å². The van der Waals surface area contributed by atoms with Crippen LogP contribution in [-0.4, -0.2) is 35.0 Å². The number of fused-ring (bicyclic) bond motifs is 1. The molecule has 3 aromatic rings. The van der Waals surface area contributed by atoms with E-state index in [4.69, 9.17) is 0 Å². The third-order valence-electron chi connectivity index (χ3n) is 6.56. The minimum atomic E-state index is -0.222. The average molecular weight is 414 g/mol. The van der Waals surface area contributed by atoms with Gasteiger partial charge in [0.2, 0.25) is 0 Å². The number of rotatable bonds is 3. The zero-order chi connectivity index (χ0) is 21.4. The summed E-state index contributed by atoms with van der Waals surface area (Å²) >= 11 is 0. The van der Waals surface area contributed by atoms with Crippen molar-refractivity contribution in [3.63, 3.8) is 0 Å². The molecule has 5 nitrogen and oxygen atoms in total. The van der Waals surface area contributed by atoms with Crippen molar-refractivity contribution < 1.29 is 4.79 Å². The molecule has 2 aromatic carbocycles. The quantitative estimate of drug-likeness (QED) is 0.716. The average Bonchev–Trinajstić information content (AvgIpc) is 3.29. The zero-order valence-electron chi connectivity index (χ0n) is 17.8. The minimum absolute atomic E-state index is 0.0718. The first-order valence-electron chi connectivity index (χ1n) is 11.0. The van der Waals surface area contributed by atoms with Gasteiger partial charge in [-0.25, -0.2) is 0 Å². The Morgan fingerprint density at radius 1 is 1.03 bits per heavy atom. The Bertz CT molecular complexity index is 1180. The summed E-state index contributed by atoms with van der Waals surface area (Å²) in [7, 11) is 0. The summed E-state index contributed by atoms with van der Waals surface area (Å²) in [6.07, 6.45) is 4.95. The predicted molar refractivity (Wildman–Crippen MR) is 122 cm³/mol. The summed E-state index contributed by atoms with van der Waals surface area (Å²) in [5.74, 6) is -0.174. The molecule has 2 aliphatic rings. The van der Waals surface area contributed by atoms with Crippen molar-refractivity contribution in [1.29, 1.82) is 0 Å². The number of hydrogen-bond donors (Lipinski definition) is 1. The summed E-state index contributed by atoms with van der Waals surface area (Å²) in [5, 5.41) is 3.49. The smallest absolute Gasteiger partial charge is 0.268 e. The molecule has 5 heteroatoms. The molecule has 1 amide bonds. The van der Waals surface area contributed by atoms with Gasteiger partial charge in [-0.1, -0.05) is 42.5 Å². The van der Waals surface area contributed by atoms with E-state index in [1.165, 1.54) is 11.1 Å². The molecule has 1 saturated heterocycles. The van der Waals surface area contributed by atoms with E-state index in [0.717, 1.165) is 36.1 Å².